The number of aliphatic hydroxyl groups excluding tert-OH is 2. The Morgan fingerprint density at radius 3 is 2.40 bits per heavy atom. The molecule has 1 fully saturated rings. The fourth-order valence-corrected chi connectivity index (χ4v) is 5.01. The molecule has 1 aliphatic rings. The molecule has 0 radical (unpaired) electrons. The van der Waals surface area contributed by atoms with E-state index in [2.05, 4.69) is 34.9 Å². The molecule has 1 unspecified atom stereocenters. The highest BCUT2D eigenvalue weighted by atomic mass is 16.5. The molecule has 226 valence electrons. The average molecular weight is 575 g/mol. The van der Waals surface area contributed by atoms with Crippen LogP contribution in [0.5, 0.6) is 5.75 Å². The number of hydrogen-bond donors (Lipinski definition) is 5. The summed E-state index contributed by atoms with van der Waals surface area (Å²) >= 11 is 0. The van der Waals surface area contributed by atoms with Gasteiger partial charge < -0.3 is 30.7 Å². The van der Waals surface area contributed by atoms with Gasteiger partial charge in [0.2, 0.25) is 0 Å². The number of aromatic hydroxyl groups is 1. The summed E-state index contributed by atoms with van der Waals surface area (Å²) in [6.45, 7) is 2.61. The number of carbonyl (C=O) groups excluding carboxylic acids is 1. The van der Waals surface area contributed by atoms with Crippen LogP contribution in [0.2, 0.25) is 0 Å². The van der Waals surface area contributed by atoms with E-state index in [0.29, 0.717) is 23.7 Å². The van der Waals surface area contributed by atoms with Crippen LogP contribution in [0.15, 0.2) is 66.7 Å². The highest BCUT2D eigenvalue weighted by Gasteiger charge is 2.24. The first-order valence-corrected chi connectivity index (χ1v) is 15.4. The quantitative estimate of drug-likeness (QED) is 0.118. The van der Waals surface area contributed by atoms with Crippen LogP contribution < -0.4 is 10.6 Å². The summed E-state index contributed by atoms with van der Waals surface area (Å²) in [4.78, 5) is 12.6. The molecule has 42 heavy (non-hydrogen) atoms. The molecular formula is C35H46N2O5. The number of aliphatic hydroxyl groups is 2. The fraction of sp³-hybridized carbons (Fsp3) is 0.457. The Balaban J connectivity index is 1.00. The van der Waals surface area contributed by atoms with Gasteiger partial charge in [-0.2, -0.15) is 0 Å². The molecule has 0 saturated heterocycles. The molecular weight excluding hydrogens is 528 g/mol. The molecule has 7 nitrogen and oxygen atoms in total. The minimum absolute atomic E-state index is 0.0205. The van der Waals surface area contributed by atoms with Crippen molar-refractivity contribution in [2.24, 2.45) is 0 Å². The van der Waals surface area contributed by atoms with E-state index < -0.39 is 6.10 Å². The molecule has 1 saturated carbocycles. The average Bonchev–Trinajstić information content (AvgIpc) is 3.84. The van der Waals surface area contributed by atoms with E-state index in [1.165, 1.54) is 11.6 Å². The zero-order valence-corrected chi connectivity index (χ0v) is 24.6. The molecule has 1 atom stereocenters. The third-order valence-electron chi connectivity index (χ3n) is 7.74. The summed E-state index contributed by atoms with van der Waals surface area (Å²) in [6, 6.07) is 21.6. The molecule has 1 amide bonds. The smallest absolute Gasteiger partial charge is 0.252 e. The first-order valence-electron chi connectivity index (χ1n) is 15.4. The molecule has 0 heterocycles. The van der Waals surface area contributed by atoms with Crippen LogP contribution in [0.1, 0.15) is 84.5 Å². The molecule has 7 heteroatoms. The van der Waals surface area contributed by atoms with Crippen molar-refractivity contribution >= 4 is 5.91 Å². The van der Waals surface area contributed by atoms with Crippen molar-refractivity contribution in [3.63, 3.8) is 0 Å². The lowest BCUT2D eigenvalue weighted by Crippen LogP contribution is -2.25. The molecule has 1 aliphatic carbocycles. The Bertz CT molecular complexity index is 1240. The summed E-state index contributed by atoms with van der Waals surface area (Å²) < 4.78 is 5.83. The van der Waals surface area contributed by atoms with Gasteiger partial charge in [0.25, 0.3) is 5.91 Å². The second-order valence-electron chi connectivity index (χ2n) is 11.2. The summed E-state index contributed by atoms with van der Waals surface area (Å²) in [5, 5.41) is 35.6. The largest absolute Gasteiger partial charge is 0.508 e. The van der Waals surface area contributed by atoms with Gasteiger partial charge in [0.1, 0.15) is 5.75 Å². The molecule has 3 aromatic rings. The highest BCUT2D eigenvalue weighted by Crippen LogP contribution is 2.26. The van der Waals surface area contributed by atoms with Crippen LogP contribution in [0.3, 0.4) is 0 Å². The number of aryl methyl sites for hydroxylation is 1. The van der Waals surface area contributed by atoms with Crippen molar-refractivity contribution < 1.29 is 24.9 Å². The second-order valence-corrected chi connectivity index (χ2v) is 11.2. The van der Waals surface area contributed by atoms with E-state index in [-0.39, 0.29) is 18.3 Å². The minimum Gasteiger partial charge on any atom is -0.508 e. The summed E-state index contributed by atoms with van der Waals surface area (Å²) in [5.41, 5.74) is 5.21. The van der Waals surface area contributed by atoms with Crippen LogP contribution in [-0.4, -0.2) is 53.6 Å². The molecule has 0 aromatic heterocycles. The van der Waals surface area contributed by atoms with Gasteiger partial charge in [0.15, 0.2) is 0 Å². The predicted molar refractivity (Wildman–Crippen MR) is 166 cm³/mol. The molecule has 0 spiro atoms. The van der Waals surface area contributed by atoms with Crippen molar-refractivity contribution in [3.05, 3.63) is 89.0 Å². The molecule has 0 bridgehead atoms. The van der Waals surface area contributed by atoms with Gasteiger partial charge >= 0.3 is 0 Å². The van der Waals surface area contributed by atoms with Crippen LogP contribution in [0, 0.1) is 0 Å². The van der Waals surface area contributed by atoms with E-state index in [4.69, 9.17) is 4.74 Å². The van der Waals surface area contributed by atoms with Crippen LogP contribution in [-0.2, 0) is 17.8 Å². The van der Waals surface area contributed by atoms with Crippen LogP contribution in [0.4, 0.5) is 0 Å². The Labute approximate surface area is 250 Å². The van der Waals surface area contributed by atoms with Crippen molar-refractivity contribution in [1.29, 1.82) is 0 Å². The maximum absolute atomic E-state index is 12.6. The molecule has 3 aromatic carbocycles. The summed E-state index contributed by atoms with van der Waals surface area (Å²) in [6.07, 6.45) is 8.98. The van der Waals surface area contributed by atoms with Crippen molar-refractivity contribution in [2.75, 3.05) is 26.3 Å². The number of carbonyl (C=O) groups is 1. The van der Waals surface area contributed by atoms with Gasteiger partial charge in [-0.3, -0.25) is 4.79 Å². The molecule has 0 aliphatic heterocycles. The molecule has 5 N–H and O–H groups in total. The first-order chi connectivity index (χ1) is 20.5. The maximum Gasteiger partial charge on any atom is 0.252 e. The Morgan fingerprint density at radius 2 is 1.64 bits per heavy atom. The zero-order valence-electron chi connectivity index (χ0n) is 24.6. The summed E-state index contributed by atoms with van der Waals surface area (Å²) in [5.74, 6) is 0.0641. The van der Waals surface area contributed by atoms with Crippen molar-refractivity contribution in [1.82, 2.24) is 10.6 Å². The van der Waals surface area contributed by atoms with Gasteiger partial charge in [-0.25, -0.2) is 0 Å². The van der Waals surface area contributed by atoms with Gasteiger partial charge in [0.05, 0.1) is 12.7 Å². The van der Waals surface area contributed by atoms with Gasteiger partial charge in [-0.1, -0.05) is 61.4 Å². The predicted octanol–water partition coefficient (Wildman–Crippen LogP) is 5.67. The van der Waals surface area contributed by atoms with E-state index in [9.17, 15) is 20.1 Å². The zero-order chi connectivity index (χ0) is 29.6. The number of benzene rings is 3. The molecule has 4 rings (SSSR count). The Kier molecular flexibility index (Phi) is 12.8. The maximum atomic E-state index is 12.6. The van der Waals surface area contributed by atoms with Gasteiger partial charge in [-0.15, -0.1) is 0 Å². The van der Waals surface area contributed by atoms with Gasteiger partial charge in [-0.05, 0) is 91.9 Å². The number of unbranched alkanes of at least 4 members (excludes halogenated alkanes) is 4. The van der Waals surface area contributed by atoms with E-state index >= 15 is 0 Å². The van der Waals surface area contributed by atoms with Crippen molar-refractivity contribution in [3.8, 4) is 16.9 Å². The van der Waals surface area contributed by atoms with E-state index in [1.54, 1.807) is 12.1 Å². The third-order valence-corrected chi connectivity index (χ3v) is 7.74. The number of nitrogens with one attached hydrogen (secondary N) is 2. The lowest BCUT2D eigenvalue weighted by molar-refractivity contribution is 0.0951. The van der Waals surface area contributed by atoms with E-state index in [1.807, 2.05) is 24.3 Å². The fourth-order valence-electron chi connectivity index (χ4n) is 5.01. The topological polar surface area (TPSA) is 111 Å². The number of amides is 1. The first kappa shape index (κ1) is 31.7. The number of hydrogen-bond acceptors (Lipinski definition) is 6. The number of phenols is 1. The Hall–Kier alpha value is -3.23. The SMILES string of the molecule is O=C(NC1CC1)c1ccccc1-c1ccc(CCCCOCCCCCCNCC(O)c2ccc(O)c(CO)c2)cc1. The van der Waals surface area contributed by atoms with E-state index in [0.717, 1.165) is 94.2 Å². The van der Waals surface area contributed by atoms with Crippen LogP contribution in [0.25, 0.3) is 11.1 Å². The van der Waals surface area contributed by atoms with Gasteiger partial charge in [0, 0.05) is 36.9 Å². The third kappa shape index (κ3) is 10.2. The minimum atomic E-state index is -0.669. The lowest BCUT2D eigenvalue weighted by atomic mass is 9.97. The van der Waals surface area contributed by atoms with Crippen LogP contribution >= 0.6 is 0 Å². The standard InChI is InChI=1S/C35H46N2O5/c38-25-29-23-28(16-19-33(29)39)34(40)24-36-20-6-1-2-7-21-42-22-8-5-9-26-12-14-27(15-13-26)31-10-3-4-11-32(31)35(41)37-30-17-18-30/h3-4,10-16,19,23,30,34,36,38-40H,1-2,5-9,17-18,20-22,24-25H2,(H,37,41). The summed E-state index contributed by atoms with van der Waals surface area (Å²) in [7, 11) is 0. The highest BCUT2D eigenvalue weighted by molar-refractivity contribution is 6.01. The normalized spacial score (nSPS) is 13.7. The number of rotatable bonds is 19. The monoisotopic (exact) mass is 574 g/mol. The second kappa shape index (κ2) is 17.0. The lowest BCUT2D eigenvalue weighted by Gasteiger charge is -2.14. The van der Waals surface area contributed by atoms with Crippen molar-refractivity contribution in [2.45, 2.75) is 76.5 Å². The Morgan fingerprint density at radius 1 is 0.905 bits per heavy atom. The number of ether oxygens (including phenoxy) is 1.